The molecule has 0 fully saturated rings. The van der Waals surface area contributed by atoms with Gasteiger partial charge in [-0.3, -0.25) is 0 Å². The Morgan fingerprint density at radius 3 is 2.73 bits per heavy atom. The van der Waals surface area contributed by atoms with Crippen LogP contribution in [0.25, 0.3) is 0 Å². The molecule has 1 unspecified atom stereocenters. The molecule has 3 heteroatoms. The first-order valence-electron chi connectivity index (χ1n) is 3.22. The summed E-state index contributed by atoms with van der Waals surface area (Å²) in [5.74, 6) is 0. The predicted molar refractivity (Wildman–Crippen MR) is 40.7 cm³/mol. The van der Waals surface area contributed by atoms with Gasteiger partial charge >= 0.3 is 77.4 Å². The van der Waals surface area contributed by atoms with Gasteiger partial charge in [0.05, 0.1) is 0 Å². The van der Waals surface area contributed by atoms with E-state index in [2.05, 4.69) is 0 Å². The van der Waals surface area contributed by atoms with Crippen LogP contribution in [0.3, 0.4) is 0 Å². The van der Waals surface area contributed by atoms with Crippen LogP contribution < -0.4 is 0 Å². The second kappa shape index (κ2) is 6.66. The summed E-state index contributed by atoms with van der Waals surface area (Å²) in [5, 5.41) is 17.4. The van der Waals surface area contributed by atoms with Crippen molar-refractivity contribution in [1.82, 2.24) is 0 Å². The molecule has 0 amide bonds. The van der Waals surface area contributed by atoms with Gasteiger partial charge in [0.15, 0.2) is 0 Å². The molecule has 0 heterocycles. The molecule has 0 bridgehead atoms. The maximum absolute atomic E-state index is 8.94. The number of allylic oxidation sites excluding steroid dienone is 2. The first-order valence-corrected chi connectivity index (χ1v) is 4.92. The number of hydrogen-bond acceptors (Lipinski definition) is 2. The molecule has 2 nitrogen and oxygen atoms in total. The van der Waals surface area contributed by atoms with Crippen LogP contribution in [-0.2, 0) is 19.4 Å². The second-order valence-corrected chi connectivity index (χ2v) is 3.09. The van der Waals surface area contributed by atoms with Crippen molar-refractivity contribution >= 4 is 4.40 Å². The van der Waals surface area contributed by atoms with E-state index in [9.17, 15) is 0 Å². The summed E-state index contributed by atoms with van der Waals surface area (Å²) in [7, 11) is 0. The van der Waals surface area contributed by atoms with Crippen molar-refractivity contribution < 1.29 is 29.6 Å². The topological polar surface area (TPSA) is 40.5 Å². The van der Waals surface area contributed by atoms with E-state index in [1.54, 1.807) is 6.08 Å². The number of aliphatic hydroxyl groups is 2. The number of rotatable bonds is 5. The average Bonchev–Trinajstić information content (AvgIpc) is 2.00. The molecule has 0 saturated heterocycles. The first kappa shape index (κ1) is 11.0. The van der Waals surface area contributed by atoms with E-state index in [4.69, 9.17) is 16.8 Å². The third-order valence-electron chi connectivity index (χ3n) is 1.07. The Morgan fingerprint density at radius 1 is 1.64 bits per heavy atom. The monoisotopic (exact) mass is 323 g/mol. The molecule has 62 valence electrons. The van der Waals surface area contributed by atoms with E-state index in [-0.39, 0.29) is 6.61 Å². The van der Waals surface area contributed by atoms with E-state index in [0.717, 1.165) is 0 Å². The molecule has 0 aromatic rings. The summed E-state index contributed by atoms with van der Waals surface area (Å²) < 4.78 is 1.93. The van der Waals surface area contributed by atoms with Crippen LogP contribution >= 0.6 is 0 Å². The van der Waals surface area contributed by atoms with Gasteiger partial charge in [0.25, 0.3) is 0 Å². The van der Waals surface area contributed by atoms with Gasteiger partial charge in [-0.05, 0) is 0 Å². The van der Waals surface area contributed by atoms with Gasteiger partial charge in [-0.2, -0.15) is 0 Å². The van der Waals surface area contributed by atoms with Gasteiger partial charge in [0.2, 0.25) is 0 Å². The van der Waals surface area contributed by atoms with Crippen molar-refractivity contribution in [2.45, 2.75) is 12.5 Å². The minimum atomic E-state index is -0.733. The third-order valence-corrected chi connectivity index (χ3v) is 1.64. The van der Waals surface area contributed by atoms with Crippen molar-refractivity contribution in [2.75, 3.05) is 6.61 Å². The van der Waals surface area contributed by atoms with Crippen molar-refractivity contribution in [1.29, 1.82) is 0 Å². The third kappa shape index (κ3) is 6.36. The summed E-state index contributed by atoms with van der Waals surface area (Å²) in [6.07, 6.45) is 3.15. The van der Waals surface area contributed by atoms with Crippen molar-refractivity contribution in [2.24, 2.45) is 0 Å². The molecule has 0 aromatic carbocycles. The van der Waals surface area contributed by atoms with Gasteiger partial charge < -0.3 is 0 Å². The zero-order valence-corrected chi connectivity index (χ0v) is 9.04. The molecule has 0 rings (SSSR count). The van der Waals surface area contributed by atoms with Gasteiger partial charge in [-0.15, -0.1) is 0 Å². The van der Waals surface area contributed by atoms with Crippen molar-refractivity contribution in [3.8, 4) is 0 Å². The molecule has 2 N–H and O–H groups in total. The molecule has 0 aliphatic heterocycles. The summed E-state index contributed by atoms with van der Waals surface area (Å²) >= 11 is 1.35. The molecule has 1 atom stereocenters. The summed E-state index contributed by atoms with van der Waals surface area (Å²) in [4.78, 5) is 0. The summed E-state index contributed by atoms with van der Waals surface area (Å²) in [5.41, 5.74) is 0.587. The van der Waals surface area contributed by atoms with E-state index >= 15 is 0 Å². The average molecular weight is 323 g/mol. The number of aliphatic hydroxyl groups excluding tert-OH is 2. The van der Waals surface area contributed by atoms with Crippen molar-refractivity contribution in [3.05, 3.63) is 24.3 Å². The van der Waals surface area contributed by atoms with E-state index in [1.165, 1.54) is 19.4 Å². The molecular formula is C8H11O2W-. The maximum atomic E-state index is 8.94. The van der Waals surface area contributed by atoms with Gasteiger partial charge in [0.1, 0.15) is 0 Å². The molecule has 0 radical (unpaired) electrons. The standard InChI is InChI=1S/C8H11O2.W/c1-3-4-7(2)5-8(10)6-9;/h1-4,8-10H,5-6H2;/q-1;/b4-3-;. The molecule has 0 aromatic heterocycles. The fourth-order valence-electron chi connectivity index (χ4n) is 0.568. The molecule has 11 heavy (non-hydrogen) atoms. The second-order valence-electron chi connectivity index (χ2n) is 2.11. The zero-order chi connectivity index (χ0) is 8.69. The van der Waals surface area contributed by atoms with Crippen molar-refractivity contribution in [3.63, 3.8) is 0 Å². The van der Waals surface area contributed by atoms with Gasteiger partial charge in [-0.25, -0.2) is 0 Å². The normalized spacial score (nSPS) is 13.3. The van der Waals surface area contributed by atoms with E-state index in [0.29, 0.717) is 12.0 Å². The van der Waals surface area contributed by atoms with Crippen LogP contribution in [0, 0.1) is 6.58 Å². The number of hydrogen-bond donors (Lipinski definition) is 2. The van der Waals surface area contributed by atoms with E-state index < -0.39 is 6.10 Å². The van der Waals surface area contributed by atoms with E-state index in [1.807, 2.05) is 10.5 Å². The van der Waals surface area contributed by atoms with Gasteiger partial charge in [0, 0.05) is 0 Å². The zero-order valence-electron chi connectivity index (χ0n) is 6.10. The fraction of sp³-hybridized carbons (Fsp3) is 0.375. The summed E-state index contributed by atoms with van der Waals surface area (Å²) in [6.45, 7) is 5.24. The van der Waals surface area contributed by atoms with Crippen LogP contribution in [0.2, 0.25) is 0 Å². The molecule has 0 spiro atoms. The Balaban J connectivity index is 3.68. The van der Waals surface area contributed by atoms with Crippen LogP contribution in [0.4, 0.5) is 0 Å². The fourth-order valence-corrected chi connectivity index (χ4v) is 0.850. The minimum absolute atomic E-state index is 0.240. The summed E-state index contributed by atoms with van der Waals surface area (Å²) in [6, 6.07) is 0. The Kier molecular flexibility index (Phi) is 6.63. The van der Waals surface area contributed by atoms with Crippen LogP contribution in [0.15, 0.2) is 17.7 Å². The Morgan fingerprint density at radius 2 is 2.27 bits per heavy atom. The molecule has 0 aliphatic carbocycles. The first-order chi connectivity index (χ1) is 5.20. The molecule has 0 saturated carbocycles. The SMILES string of the molecule is [CH-]=C(/C=C\[CH]=[W])CC(O)CO. The Hall–Kier alpha value is -0.0417. The van der Waals surface area contributed by atoms with Gasteiger partial charge in [-0.1, -0.05) is 0 Å². The van der Waals surface area contributed by atoms with Crippen LogP contribution in [0.1, 0.15) is 6.42 Å². The predicted octanol–water partition coefficient (Wildman–Crippen LogP) is -0.00571. The Labute approximate surface area is 77.7 Å². The molecular weight excluding hydrogens is 312 g/mol. The molecule has 0 aliphatic rings. The van der Waals surface area contributed by atoms with Crippen LogP contribution in [-0.4, -0.2) is 27.3 Å². The van der Waals surface area contributed by atoms with Crippen LogP contribution in [0.5, 0.6) is 0 Å². The Bertz CT molecular complexity index is 163. The quantitative estimate of drug-likeness (QED) is 0.552.